The molecule has 23 heavy (non-hydrogen) atoms. The van der Waals surface area contributed by atoms with Crippen molar-refractivity contribution in [2.24, 2.45) is 17.8 Å². The van der Waals surface area contributed by atoms with E-state index in [4.69, 9.17) is 4.74 Å². The molecule has 1 N–H and O–H groups in total. The highest BCUT2D eigenvalue weighted by atomic mass is 16.5. The van der Waals surface area contributed by atoms with Gasteiger partial charge in [0.05, 0.1) is 41.6 Å². The van der Waals surface area contributed by atoms with E-state index >= 15 is 0 Å². The maximum Gasteiger partial charge on any atom is 0.173 e. The fourth-order valence-electron chi connectivity index (χ4n) is 4.81. The molecule has 4 nitrogen and oxygen atoms in total. The predicted octanol–water partition coefficient (Wildman–Crippen LogP) is 3.01. The average Bonchev–Trinajstić information content (AvgIpc) is 3.12. The lowest BCUT2D eigenvalue weighted by molar-refractivity contribution is -0.118. The van der Waals surface area contributed by atoms with E-state index in [1.54, 1.807) is 0 Å². The highest BCUT2D eigenvalue weighted by molar-refractivity contribution is 6.26. The van der Waals surface area contributed by atoms with Crippen LogP contribution in [0.15, 0.2) is 17.9 Å². The first-order valence-electron chi connectivity index (χ1n) is 8.04. The Labute approximate surface area is 135 Å². The van der Waals surface area contributed by atoms with Gasteiger partial charge >= 0.3 is 0 Å². The van der Waals surface area contributed by atoms with Crippen LogP contribution in [-0.2, 0) is 9.53 Å². The van der Waals surface area contributed by atoms with E-state index in [1.165, 1.54) is 0 Å². The van der Waals surface area contributed by atoms with Gasteiger partial charge in [0, 0.05) is 0 Å². The number of nitrogens with zero attached hydrogens (tertiary/aromatic N) is 1. The molecule has 2 fully saturated rings. The van der Waals surface area contributed by atoms with E-state index in [2.05, 4.69) is 6.07 Å². The molecule has 2 bridgehead atoms. The minimum atomic E-state index is -0.346. The van der Waals surface area contributed by atoms with Gasteiger partial charge in [-0.2, -0.15) is 5.26 Å². The lowest BCUT2D eigenvalue weighted by Gasteiger charge is -2.23. The van der Waals surface area contributed by atoms with Crippen molar-refractivity contribution in [1.82, 2.24) is 0 Å². The van der Waals surface area contributed by atoms with Crippen molar-refractivity contribution in [3.63, 3.8) is 0 Å². The normalized spacial score (nSPS) is 34.9. The number of fused-ring (bicyclic) bond motifs is 5. The zero-order chi connectivity index (χ0) is 16.5. The fourth-order valence-corrected chi connectivity index (χ4v) is 4.81. The molecule has 118 valence electrons. The Morgan fingerprint density at radius 1 is 1.22 bits per heavy atom. The summed E-state index contributed by atoms with van der Waals surface area (Å²) in [5.74, 6) is -0.787. The molecule has 0 saturated carbocycles. The minimum Gasteiger partial charge on any atom is -0.511 e. The van der Waals surface area contributed by atoms with E-state index < -0.39 is 0 Å². The Bertz CT molecular complexity index is 778. The van der Waals surface area contributed by atoms with Gasteiger partial charge in [-0.25, -0.2) is 0 Å². The van der Waals surface area contributed by atoms with Gasteiger partial charge in [0.15, 0.2) is 5.78 Å². The Kier molecular flexibility index (Phi) is 2.95. The molecule has 5 atom stereocenters. The Morgan fingerprint density at radius 3 is 2.48 bits per heavy atom. The van der Waals surface area contributed by atoms with Gasteiger partial charge < -0.3 is 9.84 Å². The van der Waals surface area contributed by atoms with Gasteiger partial charge in [-0.05, 0) is 43.9 Å². The van der Waals surface area contributed by atoms with Crippen LogP contribution in [0.5, 0.6) is 0 Å². The maximum absolute atomic E-state index is 13.0. The third kappa shape index (κ3) is 1.77. The highest BCUT2D eigenvalue weighted by Gasteiger charge is 2.62. The Hall–Kier alpha value is -2.12. The number of ether oxygens (including phenoxy) is 1. The standard InChI is InChI=1S/C19H19NO3/c1-8-4-9(2)13(10(3)5-8)15-17(21)14-12-6-11(7-20)19(23-12)16(14)18(15)22/h4-5,11-12,14,16,19,22H,6H2,1-3H3/t11-,12-,14-,16+,19+/m0/s1. The summed E-state index contributed by atoms with van der Waals surface area (Å²) in [7, 11) is 0. The summed E-state index contributed by atoms with van der Waals surface area (Å²) in [5.41, 5.74) is 4.44. The third-order valence-electron chi connectivity index (χ3n) is 5.57. The first-order valence-corrected chi connectivity index (χ1v) is 8.04. The second-order valence-electron chi connectivity index (χ2n) is 7.06. The van der Waals surface area contributed by atoms with E-state index in [9.17, 15) is 15.2 Å². The van der Waals surface area contributed by atoms with Crippen molar-refractivity contribution in [1.29, 1.82) is 5.26 Å². The van der Waals surface area contributed by atoms with Crippen molar-refractivity contribution in [3.8, 4) is 6.07 Å². The number of Topliss-reactive ketones (excluding diaryl/α,β-unsaturated/α-hetero) is 1. The second-order valence-corrected chi connectivity index (χ2v) is 7.06. The Morgan fingerprint density at radius 2 is 1.87 bits per heavy atom. The van der Waals surface area contributed by atoms with Crippen molar-refractivity contribution >= 4 is 11.4 Å². The quantitative estimate of drug-likeness (QED) is 0.865. The van der Waals surface area contributed by atoms with E-state index in [0.717, 1.165) is 22.3 Å². The van der Waals surface area contributed by atoms with Gasteiger partial charge in [0.2, 0.25) is 0 Å². The third-order valence-corrected chi connectivity index (χ3v) is 5.57. The molecule has 4 rings (SSSR count). The molecule has 0 unspecified atom stereocenters. The SMILES string of the molecule is Cc1cc(C)c(C2=C(O)[C@@H]3[C@@H]4O[C@@H](C[C@H]4C#N)[C@@H]3C2=O)c(C)c1. The first kappa shape index (κ1) is 14.5. The van der Waals surface area contributed by atoms with Crippen LogP contribution < -0.4 is 0 Å². The van der Waals surface area contributed by atoms with Gasteiger partial charge in [-0.15, -0.1) is 0 Å². The smallest absolute Gasteiger partial charge is 0.173 e. The molecule has 4 heteroatoms. The monoisotopic (exact) mass is 309 g/mol. The van der Waals surface area contributed by atoms with Crippen LogP contribution in [0.2, 0.25) is 0 Å². The Balaban J connectivity index is 1.85. The zero-order valence-corrected chi connectivity index (χ0v) is 13.5. The average molecular weight is 309 g/mol. The highest BCUT2D eigenvalue weighted by Crippen LogP contribution is 2.55. The van der Waals surface area contributed by atoms with Crippen LogP contribution in [0.1, 0.15) is 28.7 Å². The molecule has 0 radical (unpaired) electrons. The van der Waals surface area contributed by atoms with Crippen LogP contribution in [0, 0.1) is 49.9 Å². The van der Waals surface area contributed by atoms with E-state index in [0.29, 0.717) is 12.0 Å². The van der Waals surface area contributed by atoms with Crippen LogP contribution in [-0.4, -0.2) is 23.1 Å². The second kappa shape index (κ2) is 4.69. The molecule has 0 aromatic heterocycles. The van der Waals surface area contributed by atoms with Gasteiger partial charge in [0.25, 0.3) is 0 Å². The summed E-state index contributed by atoms with van der Waals surface area (Å²) < 4.78 is 5.81. The van der Waals surface area contributed by atoms with Gasteiger partial charge in [-0.3, -0.25) is 4.79 Å². The summed E-state index contributed by atoms with van der Waals surface area (Å²) in [6.07, 6.45) is 0.0240. The van der Waals surface area contributed by atoms with Gasteiger partial charge in [-0.1, -0.05) is 17.7 Å². The van der Waals surface area contributed by atoms with Gasteiger partial charge in [0.1, 0.15) is 5.76 Å². The lowest BCUT2D eigenvalue weighted by Crippen LogP contribution is -2.33. The molecular weight excluding hydrogens is 290 g/mol. The number of carbonyl (C=O) groups excluding carboxylic acids is 1. The number of allylic oxidation sites excluding steroid dienone is 1. The number of nitriles is 1. The number of rotatable bonds is 1. The molecule has 2 heterocycles. The molecule has 3 aliphatic rings. The zero-order valence-electron chi connectivity index (χ0n) is 13.5. The predicted molar refractivity (Wildman–Crippen MR) is 84.6 cm³/mol. The summed E-state index contributed by atoms with van der Waals surface area (Å²) >= 11 is 0. The van der Waals surface area contributed by atoms with Crippen molar-refractivity contribution in [3.05, 3.63) is 40.1 Å². The molecule has 2 aliphatic heterocycles. The van der Waals surface area contributed by atoms with Crippen LogP contribution in [0.25, 0.3) is 5.57 Å². The largest absolute Gasteiger partial charge is 0.511 e. The fraction of sp³-hybridized carbons (Fsp3) is 0.474. The molecule has 1 aromatic rings. The first-order chi connectivity index (χ1) is 10.9. The number of carbonyl (C=O) groups is 1. The topological polar surface area (TPSA) is 70.3 Å². The number of ketones is 1. The molecule has 1 aromatic carbocycles. The summed E-state index contributed by atoms with van der Waals surface area (Å²) in [4.78, 5) is 13.0. The summed E-state index contributed by atoms with van der Waals surface area (Å²) in [5, 5.41) is 20.1. The van der Waals surface area contributed by atoms with Crippen LogP contribution >= 0.6 is 0 Å². The molecule has 0 amide bonds. The number of aliphatic hydroxyl groups excluding tert-OH is 1. The number of benzene rings is 1. The van der Waals surface area contributed by atoms with E-state index in [-0.39, 0.29) is 41.5 Å². The number of hydrogen-bond donors (Lipinski definition) is 1. The van der Waals surface area contributed by atoms with Crippen LogP contribution in [0.3, 0.4) is 0 Å². The number of aryl methyl sites for hydroxylation is 3. The van der Waals surface area contributed by atoms with Crippen molar-refractivity contribution < 1.29 is 14.6 Å². The molecule has 2 saturated heterocycles. The molecule has 1 aliphatic carbocycles. The molecular formula is C19H19NO3. The summed E-state index contributed by atoms with van der Waals surface area (Å²) in [6.45, 7) is 5.97. The number of hydrogen-bond acceptors (Lipinski definition) is 4. The lowest BCUT2D eigenvalue weighted by atomic mass is 9.75. The minimum absolute atomic E-state index is 0.0218. The number of aliphatic hydroxyl groups is 1. The van der Waals surface area contributed by atoms with Crippen molar-refractivity contribution in [2.75, 3.05) is 0 Å². The molecule has 0 spiro atoms. The van der Waals surface area contributed by atoms with E-state index in [1.807, 2.05) is 32.9 Å². The summed E-state index contributed by atoms with van der Waals surface area (Å²) in [6, 6.07) is 6.33. The van der Waals surface area contributed by atoms with Crippen LogP contribution in [0.4, 0.5) is 0 Å². The maximum atomic E-state index is 13.0. The van der Waals surface area contributed by atoms with Crippen molar-refractivity contribution in [2.45, 2.75) is 39.4 Å².